The predicted octanol–water partition coefficient (Wildman–Crippen LogP) is 3.49. The van der Waals surface area contributed by atoms with E-state index < -0.39 is 0 Å². The maximum atomic E-state index is 12.6. The fourth-order valence-corrected chi connectivity index (χ4v) is 3.32. The molecule has 2 aromatic heterocycles. The average molecular weight is 360 g/mol. The highest BCUT2D eigenvalue weighted by Gasteiger charge is 2.14. The molecule has 5 nitrogen and oxygen atoms in total. The van der Waals surface area contributed by atoms with Crippen LogP contribution in [0.3, 0.4) is 0 Å². The molecule has 0 spiro atoms. The zero-order chi connectivity index (χ0) is 18.1. The van der Waals surface area contributed by atoms with Gasteiger partial charge in [-0.15, -0.1) is 0 Å². The van der Waals surface area contributed by atoms with Crippen LogP contribution in [0.25, 0.3) is 21.7 Å². The minimum absolute atomic E-state index is 0.0572. The number of aromatic nitrogens is 2. The van der Waals surface area contributed by atoms with E-state index in [0.29, 0.717) is 28.7 Å². The maximum absolute atomic E-state index is 12.6. The second-order valence-electron chi connectivity index (χ2n) is 6.79. The molecule has 0 bridgehead atoms. The van der Waals surface area contributed by atoms with Crippen LogP contribution in [0.15, 0.2) is 35.4 Å². The lowest BCUT2D eigenvalue weighted by Crippen LogP contribution is -2.29. The lowest BCUT2D eigenvalue weighted by atomic mass is 10.1. The Labute approximate surface area is 151 Å². The minimum Gasteiger partial charge on any atom is -0.490 e. The van der Waals surface area contributed by atoms with E-state index in [0.717, 1.165) is 22.7 Å². The number of rotatable bonds is 5. The van der Waals surface area contributed by atoms with Crippen LogP contribution in [-0.2, 0) is 7.05 Å². The molecule has 2 heterocycles. The Kier molecular flexibility index (Phi) is 4.97. The van der Waals surface area contributed by atoms with Gasteiger partial charge in [0.1, 0.15) is 12.4 Å². The predicted molar refractivity (Wildman–Crippen MR) is 102 cm³/mol. The minimum atomic E-state index is -0.0969. The summed E-state index contributed by atoms with van der Waals surface area (Å²) in [6, 6.07) is 5.41. The SMILES string of the molecule is CC(C)C[C@H](N)COc1cc2c(cc1Cl)c1ccncc1c(=O)n2C. The van der Waals surface area contributed by atoms with Gasteiger partial charge in [-0.25, -0.2) is 0 Å². The second-order valence-corrected chi connectivity index (χ2v) is 7.19. The zero-order valence-electron chi connectivity index (χ0n) is 14.6. The van der Waals surface area contributed by atoms with E-state index in [1.54, 1.807) is 30.1 Å². The largest absolute Gasteiger partial charge is 0.490 e. The number of aryl methyl sites for hydroxylation is 1. The summed E-state index contributed by atoms with van der Waals surface area (Å²) in [5, 5.41) is 2.79. The number of nitrogens with zero attached hydrogens (tertiary/aromatic N) is 2. The lowest BCUT2D eigenvalue weighted by molar-refractivity contribution is 0.271. The van der Waals surface area contributed by atoms with Crippen molar-refractivity contribution in [2.24, 2.45) is 18.7 Å². The van der Waals surface area contributed by atoms with Crippen LogP contribution in [0.2, 0.25) is 5.02 Å². The van der Waals surface area contributed by atoms with Crippen LogP contribution in [0.1, 0.15) is 20.3 Å². The first kappa shape index (κ1) is 17.7. The molecule has 2 N–H and O–H groups in total. The van der Waals surface area contributed by atoms with Gasteiger partial charge in [-0.05, 0) is 29.9 Å². The Bertz CT molecular complexity index is 982. The van der Waals surface area contributed by atoms with E-state index in [9.17, 15) is 4.79 Å². The van der Waals surface area contributed by atoms with E-state index in [4.69, 9.17) is 22.1 Å². The Balaban J connectivity index is 2.06. The lowest BCUT2D eigenvalue weighted by Gasteiger charge is -2.17. The molecule has 0 unspecified atom stereocenters. The molecule has 0 saturated heterocycles. The summed E-state index contributed by atoms with van der Waals surface area (Å²) in [4.78, 5) is 16.6. The van der Waals surface area contributed by atoms with Crippen molar-refractivity contribution >= 4 is 33.3 Å². The number of fused-ring (bicyclic) bond motifs is 3. The topological polar surface area (TPSA) is 70.1 Å². The average Bonchev–Trinajstić information content (AvgIpc) is 2.57. The normalized spacial score (nSPS) is 12.9. The van der Waals surface area contributed by atoms with E-state index in [1.807, 2.05) is 12.1 Å². The zero-order valence-corrected chi connectivity index (χ0v) is 15.4. The molecule has 6 heteroatoms. The first-order chi connectivity index (χ1) is 11.9. The van der Waals surface area contributed by atoms with Crippen molar-refractivity contribution in [1.82, 2.24) is 9.55 Å². The molecule has 132 valence electrons. The van der Waals surface area contributed by atoms with Gasteiger partial charge in [0, 0.05) is 36.9 Å². The molecule has 3 aromatic rings. The summed E-state index contributed by atoms with van der Waals surface area (Å²) in [6.45, 7) is 4.63. The van der Waals surface area contributed by atoms with Gasteiger partial charge in [-0.3, -0.25) is 9.78 Å². The molecule has 0 aliphatic carbocycles. The number of ether oxygens (including phenoxy) is 1. The third-order valence-electron chi connectivity index (χ3n) is 4.28. The molecule has 0 amide bonds. The molecule has 0 fully saturated rings. The van der Waals surface area contributed by atoms with Gasteiger partial charge in [-0.1, -0.05) is 25.4 Å². The Hall–Kier alpha value is -2.11. The first-order valence-electron chi connectivity index (χ1n) is 8.32. The van der Waals surface area contributed by atoms with Gasteiger partial charge in [0.05, 0.1) is 15.9 Å². The Morgan fingerprint density at radius 1 is 1.28 bits per heavy atom. The van der Waals surface area contributed by atoms with Crippen molar-refractivity contribution in [3.8, 4) is 5.75 Å². The fraction of sp³-hybridized carbons (Fsp3) is 0.368. The van der Waals surface area contributed by atoms with Crippen LogP contribution in [-0.4, -0.2) is 22.2 Å². The Morgan fingerprint density at radius 3 is 2.76 bits per heavy atom. The van der Waals surface area contributed by atoms with Crippen LogP contribution in [0.4, 0.5) is 0 Å². The van der Waals surface area contributed by atoms with Crippen molar-refractivity contribution < 1.29 is 4.74 Å². The van der Waals surface area contributed by atoms with Gasteiger partial charge in [-0.2, -0.15) is 0 Å². The van der Waals surface area contributed by atoms with Crippen LogP contribution in [0.5, 0.6) is 5.75 Å². The van der Waals surface area contributed by atoms with Crippen LogP contribution in [0, 0.1) is 5.92 Å². The van der Waals surface area contributed by atoms with Gasteiger partial charge >= 0.3 is 0 Å². The highest BCUT2D eigenvalue weighted by Crippen LogP contribution is 2.32. The van der Waals surface area contributed by atoms with Gasteiger partial charge in [0.2, 0.25) is 0 Å². The fourth-order valence-electron chi connectivity index (χ4n) is 3.11. The molecular weight excluding hydrogens is 338 g/mol. The number of hydrogen-bond acceptors (Lipinski definition) is 4. The summed E-state index contributed by atoms with van der Waals surface area (Å²) in [7, 11) is 1.74. The summed E-state index contributed by atoms with van der Waals surface area (Å²) in [5.41, 5.74) is 6.75. The third kappa shape index (κ3) is 3.48. The van der Waals surface area contributed by atoms with Gasteiger partial charge in [0.15, 0.2) is 0 Å². The number of benzene rings is 1. The summed E-state index contributed by atoms with van der Waals surface area (Å²) in [5.74, 6) is 1.04. The van der Waals surface area contributed by atoms with Crippen molar-refractivity contribution in [2.45, 2.75) is 26.3 Å². The highest BCUT2D eigenvalue weighted by atomic mass is 35.5. The Morgan fingerprint density at radius 2 is 2.04 bits per heavy atom. The molecule has 0 aliphatic rings. The number of pyridine rings is 2. The monoisotopic (exact) mass is 359 g/mol. The second kappa shape index (κ2) is 7.02. The van der Waals surface area contributed by atoms with E-state index in [-0.39, 0.29) is 11.6 Å². The third-order valence-corrected chi connectivity index (χ3v) is 4.58. The molecule has 0 aliphatic heterocycles. The summed E-state index contributed by atoms with van der Waals surface area (Å²) in [6.07, 6.45) is 4.13. The van der Waals surface area contributed by atoms with Crippen molar-refractivity contribution in [3.63, 3.8) is 0 Å². The standard InChI is InChI=1S/C19H22ClN3O2/c1-11(2)6-12(21)10-25-18-8-17-14(7-16(18)20)13-4-5-22-9-15(13)19(24)23(17)3/h4-5,7-9,11-12H,6,10,21H2,1-3H3/t12-/m0/s1. The van der Waals surface area contributed by atoms with Crippen molar-refractivity contribution in [3.05, 3.63) is 46.0 Å². The number of halogens is 1. The molecule has 0 saturated carbocycles. The smallest absolute Gasteiger partial charge is 0.260 e. The van der Waals surface area contributed by atoms with Crippen molar-refractivity contribution in [2.75, 3.05) is 6.61 Å². The van der Waals surface area contributed by atoms with E-state index in [2.05, 4.69) is 18.8 Å². The molecule has 3 rings (SSSR count). The van der Waals surface area contributed by atoms with Crippen molar-refractivity contribution in [1.29, 1.82) is 0 Å². The summed E-state index contributed by atoms with van der Waals surface area (Å²) >= 11 is 6.42. The van der Waals surface area contributed by atoms with Gasteiger partial charge in [0.25, 0.3) is 5.56 Å². The summed E-state index contributed by atoms with van der Waals surface area (Å²) < 4.78 is 7.42. The van der Waals surface area contributed by atoms with E-state index in [1.165, 1.54) is 0 Å². The first-order valence-corrected chi connectivity index (χ1v) is 8.70. The highest BCUT2D eigenvalue weighted by molar-refractivity contribution is 6.33. The van der Waals surface area contributed by atoms with Gasteiger partial charge < -0.3 is 15.0 Å². The number of hydrogen-bond donors (Lipinski definition) is 1. The van der Waals surface area contributed by atoms with E-state index >= 15 is 0 Å². The molecule has 0 radical (unpaired) electrons. The molecule has 1 atom stereocenters. The molecule has 25 heavy (non-hydrogen) atoms. The quantitative estimate of drug-likeness (QED) is 0.708. The van der Waals surface area contributed by atoms with Crippen LogP contribution >= 0.6 is 11.6 Å². The maximum Gasteiger partial charge on any atom is 0.260 e. The molecule has 1 aromatic carbocycles. The molecular formula is C19H22ClN3O2. The number of nitrogens with two attached hydrogens (primary N) is 1. The van der Waals surface area contributed by atoms with Crippen LogP contribution < -0.4 is 16.0 Å².